The molecule has 0 aliphatic carbocycles. The largest absolute Gasteiger partial charge is 0.493 e. The van der Waals surface area contributed by atoms with Crippen molar-refractivity contribution in [3.63, 3.8) is 0 Å². The molecule has 8 heteroatoms. The Bertz CT molecular complexity index is 717. The average Bonchev–Trinajstić information content (AvgIpc) is 2.67. The van der Waals surface area contributed by atoms with E-state index in [1.54, 1.807) is 21.3 Å². The lowest BCUT2D eigenvalue weighted by Crippen LogP contribution is -2.47. The molecule has 0 spiro atoms. The minimum atomic E-state index is -0.0530. The van der Waals surface area contributed by atoms with Crippen LogP contribution in [0.25, 0.3) is 0 Å². The average molecular weight is 518 g/mol. The summed E-state index contributed by atoms with van der Waals surface area (Å²) in [6.07, 6.45) is 2.11. The Balaban J connectivity index is 0.00000420. The number of hydrogen-bond acceptors (Lipinski definition) is 4. The van der Waals surface area contributed by atoms with Crippen LogP contribution in [0.2, 0.25) is 0 Å². The van der Waals surface area contributed by atoms with E-state index in [4.69, 9.17) is 9.47 Å². The number of hydrogen-bond donors (Lipinski definition) is 2. The van der Waals surface area contributed by atoms with Crippen molar-refractivity contribution in [2.75, 3.05) is 34.4 Å². The zero-order valence-corrected chi connectivity index (χ0v) is 20.8. The van der Waals surface area contributed by atoms with Gasteiger partial charge in [0.1, 0.15) is 0 Å². The second-order valence-electron chi connectivity index (χ2n) is 8.02. The van der Waals surface area contributed by atoms with Crippen LogP contribution in [0.3, 0.4) is 0 Å². The maximum atomic E-state index is 12.6. The first-order chi connectivity index (χ1) is 13.3. The van der Waals surface area contributed by atoms with Crippen molar-refractivity contribution in [2.24, 2.45) is 4.99 Å². The molecule has 29 heavy (non-hydrogen) atoms. The third-order valence-corrected chi connectivity index (χ3v) is 4.65. The van der Waals surface area contributed by atoms with Crippen molar-refractivity contribution in [1.29, 1.82) is 0 Å². The first-order valence-electron chi connectivity index (χ1n) is 9.77. The zero-order valence-electron chi connectivity index (χ0n) is 18.4. The molecule has 0 radical (unpaired) electrons. The lowest BCUT2D eigenvalue weighted by atomic mass is 9.98. The fraction of sp³-hybridized carbons (Fsp3) is 0.619. The maximum Gasteiger partial charge on any atom is 0.222 e. The molecule has 1 aromatic carbocycles. The molecule has 0 aromatic heterocycles. The number of methoxy groups -OCH3 is 2. The Morgan fingerprint density at radius 3 is 2.34 bits per heavy atom. The SMILES string of the molecule is CN=C(NCCCC(=O)N1CCc2cc(OC)c(OC)cc2C1)NC(C)(C)C.I. The van der Waals surface area contributed by atoms with E-state index >= 15 is 0 Å². The second-order valence-corrected chi connectivity index (χ2v) is 8.02. The van der Waals surface area contributed by atoms with E-state index in [9.17, 15) is 4.79 Å². The molecule has 2 rings (SSSR count). The quantitative estimate of drug-likeness (QED) is 0.262. The van der Waals surface area contributed by atoms with Crippen LogP contribution in [0.4, 0.5) is 0 Å². The molecule has 2 N–H and O–H groups in total. The number of nitrogens with zero attached hydrogens (tertiary/aromatic N) is 2. The summed E-state index contributed by atoms with van der Waals surface area (Å²) in [7, 11) is 5.02. The van der Waals surface area contributed by atoms with E-state index < -0.39 is 0 Å². The lowest BCUT2D eigenvalue weighted by Gasteiger charge is -2.30. The molecule has 1 amide bonds. The topological polar surface area (TPSA) is 75.2 Å². The summed E-state index contributed by atoms with van der Waals surface area (Å²) < 4.78 is 10.8. The molecule has 1 aliphatic rings. The summed E-state index contributed by atoms with van der Waals surface area (Å²) in [5.41, 5.74) is 2.30. The van der Waals surface area contributed by atoms with Gasteiger partial charge in [-0.05, 0) is 56.9 Å². The summed E-state index contributed by atoms with van der Waals surface area (Å²) in [6.45, 7) is 8.32. The van der Waals surface area contributed by atoms with Crippen LogP contribution in [-0.4, -0.2) is 56.7 Å². The van der Waals surface area contributed by atoms with E-state index in [0.29, 0.717) is 25.3 Å². The predicted octanol–water partition coefficient (Wildman–Crippen LogP) is 2.95. The van der Waals surface area contributed by atoms with Gasteiger partial charge in [0.15, 0.2) is 17.5 Å². The molecule has 0 saturated heterocycles. The Kier molecular flexibility index (Phi) is 10.0. The number of nitrogens with one attached hydrogen (secondary N) is 2. The molecule has 1 aromatic rings. The molecule has 0 unspecified atom stereocenters. The van der Waals surface area contributed by atoms with Gasteiger partial charge in [-0.3, -0.25) is 9.79 Å². The number of ether oxygens (including phenoxy) is 2. The molecule has 1 aliphatic heterocycles. The minimum absolute atomic E-state index is 0. The van der Waals surface area contributed by atoms with E-state index in [-0.39, 0.29) is 35.4 Å². The van der Waals surface area contributed by atoms with Crippen molar-refractivity contribution in [1.82, 2.24) is 15.5 Å². The van der Waals surface area contributed by atoms with Crippen molar-refractivity contribution in [2.45, 2.75) is 52.1 Å². The summed E-state index contributed by atoms with van der Waals surface area (Å²) in [4.78, 5) is 18.8. The first kappa shape index (κ1) is 25.3. The molecular formula is C21H35IN4O3. The maximum absolute atomic E-state index is 12.6. The van der Waals surface area contributed by atoms with Crippen molar-refractivity contribution in [3.05, 3.63) is 23.3 Å². The van der Waals surface area contributed by atoms with Gasteiger partial charge in [-0.15, -0.1) is 24.0 Å². The van der Waals surface area contributed by atoms with Crippen LogP contribution in [-0.2, 0) is 17.8 Å². The predicted molar refractivity (Wildman–Crippen MR) is 128 cm³/mol. The van der Waals surface area contributed by atoms with Gasteiger partial charge in [-0.2, -0.15) is 0 Å². The Labute approximate surface area is 191 Å². The third-order valence-electron chi connectivity index (χ3n) is 4.65. The van der Waals surface area contributed by atoms with E-state index in [1.807, 2.05) is 17.0 Å². The molecule has 7 nitrogen and oxygen atoms in total. The Morgan fingerprint density at radius 2 is 1.79 bits per heavy atom. The van der Waals surface area contributed by atoms with Gasteiger partial charge < -0.3 is 25.0 Å². The first-order valence-corrected chi connectivity index (χ1v) is 9.77. The lowest BCUT2D eigenvalue weighted by molar-refractivity contribution is -0.132. The van der Waals surface area contributed by atoms with Crippen molar-refractivity contribution in [3.8, 4) is 11.5 Å². The van der Waals surface area contributed by atoms with Gasteiger partial charge in [-0.25, -0.2) is 0 Å². The van der Waals surface area contributed by atoms with Crippen molar-refractivity contribution < 1.29 is 14.3 Å². The van der Waals surface area contributed by atoms with E-state index in [0.717, 1.165) is 36.7 Å². The fourth-order valence-electron chi connectivity index (χ4n) is 3.23. The molecule has 0 saturated carbocycles. The fourth-order valence-corrected chi connectivity index (χ4v) is 3.23. The van der Waals surface area contributed by atoms with Crippen LogP contribution in [0.15, 0.2) is 17.1 Å². The molecule has 0 fully saturated rings. The highest BCUT2D eigenvalue weighted by atomic mass is 127. The number of rotatable bonds is 6. The highest BCUT2D eigenvalue weighted by molar-refractivity contribution is 14.0. The summed E-state index contributed by atoms with van der Waals surface area (Å²) in [6, 6.07) is 4.01. The minimum Gasteiger partial charge on any atom is -0.493 e. The molecule has 164 valence electrons. The number of halogens is 1. The van der Waals surface area contributed by atoms with Crippen LogP contribution < -0.4 is 20.1 Å². The van der Waals surface area contributed by atoms with Gasteiger partial charge in [0, 0.05) is 38.6 Å². The summed E-state index contributed by atoms with van der Waals surface area (Å²) >= 11 is 0. The number of benzene rings is 1. The van der Waals surface area contributed by atoms with Gasteiger partial charge in [-0.1, -0.05) is 0 Å². The number of fused-ring (bicyclic) bond motifs is 1. The highest BCUT2D eigenvalue weighted by Crippen LogP contribution is 2.33. The van der Waals surface area contributed by atoms with E-state index in [2.05, 4.69) is 36.4 Å². The number of aliphatic imine (C=N–C) groups is 1. The van der Waals surface area contributed by atoms with E-state index in [1.165, 1.54) is 5.56 Å². The smallest absolute Gasteiger partial charge is 0.222 e. The molecule has 0 bridgehead atoms. The van der Waals surface area contributed by atoms with Crippen LogP contribution >= 0.6 is 24.0 Å². The molecular weight excluding hydrogens is 483 g/mol. The monoisotopic (exact) mass is 518 g/mol. The number of guanidine groups is 1. The molecule has 1 heterocycles. The summed E-state index contributed by atoms with van der Waals surface area (Å²) in [5, 5.41) is 6.58. The zero-order chi connectivity index (χ0) is 20.7. The normalized spacial score (nSPS) is 13.9. The van der Waals surface area contributed by atoms with Gasteiger partial charge in [0.2, 0.25) is 5.91 Å². The number of carbonyl (C=O) groups excluding carboxylic acids is 1. The highest BCUT2D eigenvalue weighted by Gasteiger charge is 2.22. The second kappa shape index (κ2) is 11.5. The van der Waals surface area contributed by atoms with Crippen LogP contribution in [0.1, 0.15) is 44.7 Å². The summed E-state index contributed by atoms with van der Waals surface area (Å²) in [5.74, 6) is 2.38. The van der Waals surface area contributed by atoms with Crippen LogP contribution in [0, 0.1) is 0 Å². The number of amides is 1. The van der Waals surface area contributed by atoms with Crippen LogP contribution in [0.5, 0.6) is 11.5 Å². The number of carbonyl (C=O) groups is 1. The third kappa shape index (κ3) is 7.56. The van der Waals surface area contributed by atoms with Gasteiger partial charge >= 0.3 is 0 Å². The standard InChI is InChI=1S/C21H34N4O3.HI/c1-21(2,3)24-20(22-4)23-10-7-8-19(26)25-11-9-15-12-17(27-5)18(28-6)13-16(15)14-25;/h12-13H,7-11,14H2,1-6H3,(H2,22,23,24);1H. The Morgan fingerprint density at radius 1 is 1.17 bits per heavy atom. The van der Waals surface area contributed by atoms with Crippen molar-refractivity contribution >= 4 is 35.8 Å². The molecule has 0 atom stereocenters. The van der Waals surface area contributed by atoms with Gasteiger partial charge in [0.05, 0.1) is 14.2 Å². The Hall–Kier alpha value is -1.71. The van der Waals surface area contributed by atoms with Gasteiger partial charge in [0.25, 0.3) is 0 Å².